The maximum atomic E-state index is 12.3. The fraction of sp³-hybridized carbons (Fsp3) is 0.571. The average molecular weight is 265 g/mol. The van der Waals surface area contributed by atoms with Crippen LogP contribution < -0.4 is 4.72 Å². The molecule has 0 radical (unpaired) electrons. The maximum absolute atomic E-state index is 12.3. The van der Waals surface area contributed by atoms with Crippen LogP contribution in [0, 0.1) is 18.8 Å². The Morgan fingerprint density at radius 3 is 2.39 bits per heavy atom. The summed E-state index contributed by atoms with van der Waals surface area (Å²) in [5, 5.41) is 0. The molecule has 2 aliphatic rings. The molecule has 0 saturated heterocycles. The van der Waals surface area contributed by atoms with E-state index in [9.17, 15) is 8.42 Å². The fourth-order valence-corrected chi connectivity index (χ4v) is 4.69. The van der Waals surface area contributed by atoms with Crippen LogP contribution in [0.1, 0.15) is 31.2 Å². The lowest BCUT2D eigenvalue weighted by Crippen LogP contribution is -2.38. The predicted octanol–water partition coefficient (Wildman–Crippen LogP) is 2.46. The minimum absolute atomic E-state index is 0.162. The Morgan fingerprint density at radius 2 is 1.83 bits per heavy atom. The third-order valence-electron chi connectivity index (χ3n) is 4.38. The Labute approximate surface area is 109 Å². The molecular formula is C14H19NO2S. The standard InChI is InChI=1S/C14H19NO2S/c1-10-2-6-13(7-3-10)18(16,17)15-14-9-11-4-5-12(14)8-11/h2-3,6-7,11-12,14-15H,4-5,8-9H2,1H3/t11-,12-,14-/m0/s1. The minimum Gasteiger partial charge on any atom is -0.208 e. The SMILES string of the molecule is Cc1ccc(S(=O)(=O)N[C@H]2C[C@H]3CC[C@H]2C3)cc1. The second kappa shape index (κ2) is 4.35. The quantitative estimate of drug-likeness (QED) is 0.912. The van der Waals surface area contributed by atoms with Crippen LogP contribution in [0.2, 0.25) is 0 Å². The van der Waals surface area contributed by atoms with E-state index in [1.807, 2.05) is 19.1 Å². The van der Waals surface area contributed by atoms with Gasteiger partial charge in [0.25, 0.3) is 0 Å². The van der Waals surface area contributed by atoms with Gasteiger partial charge in [0.2, 0.25) is 10.0 Å². The van der Waals surface area contributed by atoms with E-state index in [4.69, 9.17) is 0 Å². The van der Waals surface area contributed by atoms with E-state index in [0.29, 0.717) is 10.8 Å². The van der Waals surface area contributed by atoms with Crippen LogP contribution in [0.25, 0.3) is 0 Å². The zero-order chi connectivity index (χ0) is 12.8. The number of hydrogen-bond acceptors (Lipinski definition) is 2. The summed E-state index contributed by atoms with van der Waals surface area (Å²) >= 11 is 0. The lowest BCUT2D eigenvalue weighted by molar-refractivity contribution is 0.390. The lowest BCUT2D eigenvalue weighted by atomic mass is 9.96. The molecule has 0 aliphatic heterocycles. The number of aryl methyl sites for hydroxylation is 1. The molecule has 4 heteroatoms. The molecule has 98 valence electrons. The van der Waals surface area contributed by atoms with E-state index in [1.54, 1.807) is 12.1 Å². The van der Waals surface area contributed by atoms with Crippen molar-refractivity contribution in [3.63, 3.8) is 0 Å². The second-order valence-electron chi connectivity index (χ2n) is 5.72. The van der Waals surface area contributed by atoms with Crippen molar-refractivity contribution in [1.29, 1.82) is 0 Å². The molecule has 2 saturated carbocycles. The van der Waals surface area contributed by atoms with Crippen LogP contribution in [-0.2, 0) is 10.0 Å². The topological polar surface area (TPSA) is 46.2 Å². The van der Waals surface area contributed by atoms with Crippen LogP contribution in [0.15, 0.2) is 29.2 Å². The van der Waals surface area contributed by atoms with Gasteiger partial charge in [-0.3, -0.25) is 0 Å². The van der Waals surface area contributed by atoms with Gasteiger partial charge in [0.1, 0.15) is 0 Å². The molecule has 1 aromatic rings. The zero-order valence-corrected chi connectivity index (χ0v) is 11.4. The van der Waals surface area contributed by atoms with Gasteiger partial charge in [-0.2, -0.15) is 0 Å². The minimum atomic E-state index is -3.33. The summed E-state index contributed by atoms with van der Waals surface area (Å²) in [7, 11) is -3.33. The van der Waals surface area contributed by atoms with E-state index >= 15 is 0 Å². The van der Waals surface area contributed by atoms with Gasteiger partial charge in [0, 0.05) is 6.04 Å². The van der Waals surface area contributed by atoms with Gasteiger partial charge in [-0.25, -0.2) is 13.1 Å². The first kappa shape index (κ1) is 12.2. The summed E-state index contributed by atoms with van der Waals surface area (Å²) < 4.78 is 27.4. The summed E-state index contributed by atoms with van der Waals surface area (Å²) in [6.07, 6.45) is 4.70. The predicted molar refractivity (Wildman–Crippen MR) is 70.7 cm³/mol. The summed E-state index contributed by atoms with van der Waals surface area (Å²) in [4.78, 5) is 0.385. The number of benzene rings is 1. The fourth-order valence-electron chi connectivity index (χ4n) is 3.37. The van der Waals surface area contributed by atoms with Crippen molar-refractivity contribution in [3.05, 3.63) is 29.8 Å². The van der Waals surface area contributed by atoms with Crippen molar-refractivity contribution < 1.29 is 8.42 Å². The highest BCUT2D eigenvalue weighted by molar-refractivity contribution is 7.89. The first-order valence-electron chi connectivity index (χ1n) is 6.63. The van der Waals surface area contributed by atoms with E-state index in [1.165, 1.54) is 19.3 Å². The molecule has 0 unspecified atom stereocenters. The molecule has 3 nitrogen and oxygen atoms in total. The van der Waals surface area contributed by atoms with Crippen molar-refractivity contribution in [2.75, 3.05) is 0 Å². The van der Waals surface area contributed by atoms with Gasteiger partial charge < -0.3 is 0 Å². The molecule has 0 spiro atoms. The van der Waals surface area contributed by atoms with E-state index < -0.39 is 10.0 Å². The smallest absolute Gasteiger partial charge is 0.208 e. The van der Waals surface area contributed by atoms with Gasteiger partial charge >= 0.3 is 0 Å². The van der Waals surface area contributed by atoms with Gasteiger partial charge in [-0.05, 0) is 50.2 Å². The van der Waals surface area contributed by atoms with Gasteiger partial charge in [-0.15, -0.1) is 0 Å². The molecular weight excluding hydrogens is 246 g/mol. The van der Waals surface area contributed by atoms with Crippen LogP contribution in [-0.4, -0.2) is 14.5 Å². The second-order valence-corrected chi connectivity index (χ2v) is 7.43. The van der Waals surface area contributed by atoms with Crippen molar-refractivity contribution in [3.8, 4) is 0 Å². The Hall–Kier alpha value is -0.870. The molecule has 0 aromatic heterocycles. The average Bonchev–Trinajstić information content (AvgIpc) is 2.91. The lowest BCUT2D eigenvalue weighted by Gasteiger charge is -2.22. The Balaban J connectivity index is 1.77. The number of rotatable bonds is 3. The number of fused-ring (bicyclic) bond motifs is 2. The summed E-state index contributed by atoms with van der Waals surface area (Å²) in [6, 6.07) is 7.22. The molecule has 1 aromatic carbocycles. The summed E-state index contributed by atoms with van der Waals surface area (Å²) in [6.45, 7) is 1.96. The van der Waals surface area contributed by atoms with Crippen molar-refractivity contribution >= 4 is 10.0 Å². The Morgan fingerprint density at radius 1 is 1.11 bits per heavy atom. The number of nitrogens with one attached hydrogen (secondary N) is 1. The van der Waals surface area contributed by atoms with Crippen molar-refractivity contribution in [1.82, 2.24) is 4.72 Å². The monoisotopic (exact) mass is 265 g/mol. The van der Waals surface area contributed by atoms with Gasteiger partial charge in [0.15, 0.2) is 0 Å². The highest BCUT2D eigenvalue weighted by Crippen LogP contribution is 2.44. The van der Waals surface area contributed by atoms with Crippen LogP contribution >= 0.6 is 0 Å². The van der Waals surface area contributed by atoms with E-state index in [2.05, 4.69) is 4.72 Å². The first-order chi connectivity index (χ1) is 8.54. The Kier molecular flexibility index (Phi) is 2.94. The third-order valence-corrected chi connectivity index (χ3v) is 5.88. The van der Waals surface area contributed by atoms with E-state index in [0.717, 1.165) is 17.9 Å². The number of hydrogen-bond donors (Lipinski definition) is 1. The van der Waals surface area contributed by atoms with Gasteiger partial charge in [-0.1, -0.05) is 24.1 Å². The molecule has 1 N–H and O–H groups in total. The molecule has 3 rings (SSSR count). The highest BCUT2D eigenvalue weighted by Gasteiger charge is 2.41. The molecule has 2 bridgehead atoms. The van der Waals surface area contributed by atoms with Crippen molar-refractivity contribution in [2.45, 2.75) is 43.5 Å². The van der Waals surface area contributed by atoms with E-state index in [-0.39, 0.29) is 6.04 Å². The van der Waals surface area contributed by atoms with Crippen LogP contribution in [0.5, 0.6) is 0 Å². The zero-order valence-electron chi connectivity index (χ0n) is 10.6. The number of sulfonamides is 1. The molecule has 0 amide bonds. The third kappa shape index (κ3) is 2.19. The van der Waals surface area contributed by atoms with Crippen molar-refractivity contribution in [2.24, 2.45) is 11.8 Å². The largest absolute Gasteiger partial charge is 0.240 e. The van der Waals surface area contributed by atoms with Crippen LogP contribution in [0.4, 0.5) is 0 Å². The summed E-state index contributed by atoms with van der Waals surface area (Å²) in [5.41, 5.74) is 1.08. The first-order valence-corrected chi connectivity index (χ1v) is 8.12. The van der Waals surface area contributed by atoms with Gasteiger partial charge in [0.05, 0.1) is 4.90 Å². The molecule has 2 fully saturated rings. The van der Waals surface area contributed by atoms with Crippen LogP contribution in [0.3, 0.4) is 0 Å². The molecule has 3 atom stereocenters. The normalized spacial score (nSPS) is 30.8. The maximum Gasteiger partial charge on any atom is 0.240 e. The highest BCUT2D eigenvalue weighted by atomic mass is 32.2. The molecule has 2 aliphatic carbocycles. The molecule has 0 heterocycles. The summed E-state index contributed by atoms with van der Waals surface area (Å²) in [5.74, 6) is 1.32. The Bertz CT molecular complexity index is 535. The molecule has 18 heavy (non-hydrogen) atoms.